The zero-order valence-corrected chi connectivity index (χ0v) is 16.0. The van der Waals surface area contributed by atoms with E-state index in [1.165, 1.54) is 30.2 Å². The van der Waals surface area contributed by atoms with Gasteiger partial charge in [0.25, 0.3) is 10.0 Å². The molecule has 28 heavy (non-hydrogen) atoms. The number of sulfonamides is 1. The van der Waals surface area contributed by atoms with Gasteiger partial charge in [0.2, 0.25) is 11.8 Å². The van der Waals surface area contributed by atoms with E-state index in [-0.39, 0.29) is 17.3 Å². The summed E-state index contributed by atoms with van der Waals surface area (Å²) >= 11 is 0. The Morgan fingerprint density at radius 1 is 1.07 bits per heavy atom. The number of para-hydroxylation sites is 2. The molecule has 1 N–H and O–H groups in total. The first-order valence-corrected chi connectivity index (χ1v) is 10.3. The van der Waals surface area contributed by atoms with Crippen LogP contribution in [0.1, 0.15) is 12.8 Å². The van der Waals surface area contributed by atoms with Gasteiger partial charge in [-0.3, -0.25) is 13.9 Å². The van der Waals surface area contributed by atoms with Gasteiger partial charge >= 0.3 is 0 Å². The zero-order chi connectivity index (χ0) is 19.9. The molecule has 0 saturated carbocycles. The van der Waals surface area contributed by atoms with Crippen molar-refractivity contribution in [1.82, 2.24) is 0 Å². The van der Waals surface area contributed by atoms with E-state index in [1.54, 1.807) is 24.3 Å². The quantitative estimate of drug-likeness (QED) is 0.845. The van der Waals surface area contributed by atoms with Crippen molar-refractivity contribution in [2.45, 2.75) is 17.7 Å². The van der Waals surface area contributed by atoms with E-state index in [0.29, 0.717) is 42.2 Å². The molecule has 146 valence electrons. The maximum Gasteiger partial charge on any atom is 0.264 e. The van der Waals surface area contributed by atoms with Gasteiger partial charge in [-0.15, -0.1) is 0 Å². The molecule has 0 spiro atoms. The fourth-order valence-electron chi connectivity index (χ4n) is 3.49. The van der Waals surface area contributed by atoms with Crippen LogP contribution in [0.3, 0.4) is 0 Å². The molecule has 4 rings (SSSR count). The minimum atomic E-state index is -4.02. The van der Waals surface area contributed by atoms with E-state index in [2.05, 4.69) is 5.32 Å². The largest absolute Gasteiger partial charge is 0.495 e. The van der Waals surface area contributed by atoms with Gasteiger partial charge in [-0.05, 0) is 36.8 Å². The van der Waals surface area contributed by atoms with Crippen LogP contribution in [0.15, 0.2) is 47.4 Å². The van der Waals surface area contributed by atoms with Crippen molar-refractivity contribution in [3.05, 3.63) is 42.5 Å². The van der Waals surface area contributed by atoms with Crippen LogP contribution in [0.5, 0.6) is 5.75 Å². The third-order valence-electron chi connectivity index (χ3n) is 4.84. The highest BCUT2D eigenvalue weighted by atomic mass is 32.2. The Kier molecular flexibility index (Phi) is 4.46. The molecule has 0 radical (unpaired) electrons. The summed E-state index contributed by atoms with van der Waals surface area (Å²) in [5.41, 5.74) is 1.25. The molecule has 2 amide bonds. The molecular formula is C19H19N3O5S. The topological polar surface area (TPSA) is 96.0 Å². The lowest BCUT2D eigenvalue weighted by atomic mass is 10.2. The first kappa shape index (κ1) is 18.3. The highest BCUT2D eigenvalue weighted by Crippen LogP contribution is 2.37. The van der Waals surface area contributed by atoms with E-state index in [0.717, 1.165) is 4.31 Å². The van der Waals surface area contributed by atoms with Crippen LogP contribution in [0.2, 0.25) is 0 Å². The number of carbonyl (C=O) groups is 2. The Morgan fingerprint density at radius 2 is 1.86 bits per heavy atom. The van der Waals surface area contributed by atoms with Gasteiger partial charge < -0.3 is 15.0 Å². The maximum atomic E-state index is 13.3. The number of methoxy groups -OCH3 is 1. The monoisotopic (exact) mass is 401 g/mol. The maximum absolute atomic E-state index is 13.3. The number of hydrogen-bond acceptors (Lipinski definition) is 5. The third-order valence-corrected chi connectivity index (χ3v) is 6.59. The van der Waals surface area contributed by atoms with Crippen molar-refractivity contribution in [3.63, 3.8) is 0 Å². The molecule has 2 aliphatic rings. The number of amides is 2. The lowest BCUT2D eigenvalue weighted by molar-refractivity contribution is -0.117. The molecule has 2 heterocycles. The molecule has 2 aliphatic heterocycles. The second kappa shape index (κ2) is 6.83. The van der Waals surface area contributed by atoms with Crippen molar-refractivity contribution in [1.29, 1.82) is 0 Å². The third kappa shape index (κ3) is 2.97. The highest BCUT2D eigenvalue weighted by Gasteiger charge is 2.34. The lowest BCUT2D eigenvalue weighted by Gasteiger charge is -2.30. The van der Waals surface area contributed by atoms with Crippen LogP contribution in [0.25, 0.3) is 0 Å². The molecule has 2 aromatic carbocycles. The predicted molar refractivity (Wildman–Crippen MR) is 104 cm³/mol. The van der Waals surface area contributed by atoms with Gasteiger partial charge in [0, 0.05) is 13.0 Å². The predicted octanol–water partition coefficient (Wildman–Crippen LogP) is 1.97. The fourth-order valence-corrected chi connectivity index (χ4v) is 4.95. The van der Waals surface area contributed by atoms with Crippen molar-refractivity contribution in [2.24, 2.45) is 0 Å². The summed E-state index contributed by atoms with van der Waals surface area (Å²) in [6.07, 6.45) is 1.12. The van der Waals surface area contributed by atoms with Crippen molar-refractivity contribution < 1.29 is 22.7 Å². The van der Waals surface area contributed by atoms with E-state index in [4.69, 9.17) is 4.74 Å². The summed E-state index contributed by atoms with van der Waals surface area (Å²) in [6.45, 7) is 0.191. The van der Waals surface area contributed by atoms with Gasteiger partial charge in [0.15, 0.2) is 0 Å². The molecule has 1 fully saturated rings. The summed E-state index contributed by atoms with van der Waals surface area (Å²) < 4.78 is 33.1. The number of ether oxygens (including phenoxy) is 1. The van der Waals surface area contributed by atoms with Crippen LogP contribution < -0.4 is 19.3 Å². The first-order valence-electron chi connectivity index (χ1n) is 8.82. The summed E-state index contributed by atoms with van der Waals surface area (Å²) in [7, 11) is -2.55. The SMILES string of the molecule is COc1ccc(S(=O)(=O)N2CC(=O)Nc3ccccc32)cc1N1CCCC1=O. The number of anilines is 3. The second-order valence-electron chi connectivity index (χ2n) is 6.56. The summed E-state index contributed by atoms with van der Waals surface area (Å²) in [4.78, 5) is 25.7. The molecule has 9 heteroatoms. The van der Waals surface area contributed by atoms with E-state index in [9.17, 15) is 18.0 Å². The van der Waals surface area contributed by atoms with Crippen LogP contribution >= 0.6 is 0 Å². The van der Waals surface area contributed by atoms with Gasteiger partial charge in [-0.1, -0.05) is 12.1 Å². The van der Waals surface area contributed by atoms with Crippen molar-refractivity contribution >= 4 is 38.9 Å². The smallest absolute Gasteiger partial charge is 0.264 e. The summed E-state index contributed by atoms with van der Waals surface area (Å²) in [5, 5.41) is 2.68. The molecule has 0 aromatic heterocycles. The van der Waals surface area contributed by atoms with Gasteiger partial charge in [0.05, 0.1) is 29.1 Å². The first-order chi connectivity index (χ1) is 13.4. The minimum Gasteiger partial charge on any atom is -0.495 e. The van der Waals surface area contributed by atoms with E-state index in [1.807, 2.05) is 0 Å². The minimum absolute atomic E-state index is 0.00694. The molecule has 0 bridgehead atoms. The van der Waals surface area contributed by atoms with Gasteiger partial charge in [0.1, 0.15) is 12.3 Å². The Bertz CT molecular complexity index is 1070. The Morgan fingerprint density at radius 3 is 2.57 bits per heavy atom. The van der Waals surface area contributed by atoms with Gasteiger partial charge in [-0.25, -0.2) is 8.42 Å². The number of nitrogens with one attached hydrogen (secondary N) is 1. The lowest BCUT2D eigenvalue weighted by Crippen LogP contribution is -2.42. The molecule has 0 aliphatic carbocycles. The number of nitrogens with zero attached hydrogens (tertiary/aromatic N) is 2. The molecule has 8 nitrogen and oxygen atoms in total. The van der Waals surface area contributed by atoms with Crippen LogP contribution in [0, 0.1) is 0 Å². The molecular weight excluding hydrogens is 382 g/mol. The van der Waals surface area contributed by atoms with E-state index < -0.39 is 15.9 Å². The average molecular weight is 401 g/mol. The normalized spacial score (nSPS) is 16.8. The van der Waals surface area contributed by atoms with Crippen LogP contribution in [-0.2, 0) is 19.6 Å². The second-order valence-corrected chi connectivity index (χ2v) is 8.42. The number of rotatable bonds is 4. The number of hydrogen-bond donors (Lipinski definition) is 1. The Balaban J connectivity index is 1.80. The van der Waals surface area contributed by atoms with Crippen molar-refractivity contribution in [2.75, 3.05) is 34.7 Å². The number of benzene rings is 2. The molecule has 1 saturated heterocycles. The summed E-state index contributed by atoms with van der Waals surface area (Å²) in [6, 6.07) is 11.1. The Labute approximate surface area is 162 Å². The average Bonchev–Trinajstić information content (AvgIpc) is 3.12. The fraction of sp³-hybridized carbons (Fsp3) is 0.263. The van der Waals surface area contributed by atoms with Gasteiger partial charge in [-0.2, -0.15) is 0 Å². The molecule has 2 aromatic rings. The standard InChI is InChI=1S/C19H19N3O5S/c1-27-17-9-8-13(11-16(17)21-10-4-7-19(21)24)28(25,26)22-12-18(23)20-14-5-2-3-6-15(14)22/h2-3,5-6,8-9,11H,4,7,10,12H2,1H3,(H,20,23). The summed E-state index contributed by atoms with van der Waals surface area (Å²) in [5.74, 6) is -0.0627. The van der Waals surface area contributed by atoms with Crippen LogP contribution in [0.4, 0.5) is 17.1 Å². The van der Waals surface area contributed by atoms with Crippen LogP contribution in [-0.4, -0.2) is 40.4 Å². The zero-order valence-electron chi connectivity index (χ0n) is 15.2. The highest BCUT2D eigenvalue weighted by molar-refractivity contribution is 7.93. The Hall–Kier alpha value is -3.07. The van der Waals surface area contributed by atoms with E-state index >= 15 is 0 Å². The van der Waals surface area contributed by atoms with Crippen molar-refractivity contribution in [3.8, 4) is 5.75 Å². The number of carbonyl (C=O) groups excluding carboxylic acids is 2. The molecule has 0 unspecified atom stereocenters. The molecule has 0 atom stereocenters. The number of fused-ring (bicyclic) bond motifs is 1.